The average molecular weight is 250 g/mol. The maximum Gasteiger partial charge on any atom is 0.0267 e. The van der Waals surface area contributed by atoms with Crippen LogP contribution in [-0.2, 0) is 0 Å². The lowest BCUT2D eigenvalue weighted by molar-refractivity contribution is 1.08. The lowest BCUT2D eigenvalue weighted by Gasteiger charge is -2.03. The molecule has 0 saturated heterocycles. The summed E-state index contributed by atoms with van der Waals surface area (Å²) in [5.74, 6) is 0. The van der Waals surface area contributed by atoms with E-state index in [1.807, 2.05) is 72.8 Å². The van der Waals surface area contributed by atoms with Gasteiger partial charge in [0.1, 0.15) is 0 Å². The Morgan fingerprint density at radius 2 is 1.05 bits per heavy atom. The van der Waals surface area contributed by atoms with Crippen LogP contribution in [0, 0.1) is 0 Å². The van der Waals surface area contributed by atoms with E-state index in [0.717, 1.165) is 22.5 Å². The van der Waals surface area contributed by atoms with E-state index in [-0.39, 0.29) is 0 Å². The van der Waals surface area contributed by atoms with Gasteiger partial charge in [0.2, 0.25) is 0 Å². The zero-order chi connectivity index (χ0) is 13.5. The van der Waals surface area contributed by atoms with E-state index in [9.17, 15) is 0 Å². The monoisotopic (exact) mass is 250 g/mol. The second-order valence-corrected chi connectivity index (χ2v) is 4.44. The number of hydrogen-bond acceptors (Lipinski definition) is 2. The predicted molar refractivity (Wildman–Crippen MR) is 81.8 cm³/mol. The highest BCUT2D eigenvalue weighted by molar-refractivity contribution is 5.56. The third kappa shape index (κ3) is 4.36. The van der Waals surface area contributed by atoms with Gasteiger partial charge in [0.15, 0.2) is 0 Å². The van der Waals surface area contributed by atoms with Crippen molar-refractivity contribution in [3.63, 3.8) is 0 Å². The van der Waals surface area contributed by atoms with E-state index < -0.39 is 0 Å². The molecule has 0 bridgehead atoms. The highest BCUT2D eigenvalue weighted by Crippen LogP contribution is 2.11. The number of benzene rings is 2. The summed E-state index contributed by atoms with van der Waals surface area (Å²) in [6, 6.07) is 20.0. The van der Waals surface area contributed by atoms with Gasteiger partial charge >= 0.3 is 0 Å². The zero-order valence-electron chi connectivity index (χ0n) is 10.8. The normalized spacial score (nSPS) is 12.4. The van der Waals surface area contributed by atoms with Crippen LogP contribution in [0.1, 0.15) is 17.5 Å². The second-order valence-electron chi connectivity index (χ2n) is 4.44. The molecule has 2 aromatic carbocycles. The van der Waals surface area contributed by atoms with Crippen molar-refractivity contribution in [3.05, 3.63) is 83.2 Å². The molecular formula is C17H18N2. The molecule has 0 aromatic heterocycles. The molecule has 0 aliphatic carbocycles. The molecule has 0 aliphatic rings. The fourth-order valence-electron chi connectivity index (χ4n) is 1.86. The van der Waals surface area contributed by atoms with Crippen LogP contribution in [0.25, 0.3) is 12.2 Å². The number of nitrogens with two attached hydrogens (primary N) is 2. The molecule has 0 unspecified atom stereocenters. The summed E-state index contributed by atoms with van der Waals surface area (Å²) in [4.78, 5) is 0. The second kappa shape index (κ2) is 6.45. The molecule has 0 saturated carbocycles. The minimum absolute atomic E-state index is 0.573. The van der Waals surface area contributed by atoms with Crippen LogP contribution >= 0.6 is 0 Å². The van der Waals surface area contributed by atoms with Gasteiger partial charge in [0.05, 0.1) is 0 Å². The Labute approximate surface area is 114 Å². The van der Waals surface area contributed by atoms with Gasteiger partial charge < -0.3 is 11.5 Å². The third-order valence-electron chi connectivity index (χ3n) is 2.71. The van der Waals surface area contributed by atoms with Crippen LogP contribution < -0.4 is 11.5 Å². The Bertz CT molecular complexity index is 515. The third-order valence-corrected chi connectivity index (χ3v) is 2.71. The first-order chi connectivity index (χ1) is 9.24. The summed E-state index contributed by atoms with van der Waals surface area (Å²) in [5, 5.41) is 0. The number of rotatable bonds is 4. The largest absolute Gasteiger partial charge is 0.402 e. The molecule has 4 N–H and O–H groups in total. The Balaban J connectivity index is 2.05. The lowest BCUT2D eigenvalue weighted by Crippen LogP contribution is -2.04. The van der Waals surface area contributed by atoms with E-state index in [4.69, 9.17) is 11.5 Å². The SMILES string of the molecule is NC(=Cc1ccccc1)CC(N)=Cc1ccccc1. The summed E-state index contributed by atoms with van der Waals surface area (Å²) < 4.78 is 0. The van der Waals surface area contributed by atoms with E-state index in [1.54, 1.807) is 0 Å². The highest BCUT2D eigenvalue weighted by atomic mass is 14.6. The molecule has 0 fully saturated rings. The van der Waals surface area contributed by atoms with Crippen molar-refractivity contribution in [2.75, 3.05) is 0 Å². The Hall–Kier alpha value is -2.48. The summed E-state index contributed by atoms with van der Waals surface area (Å²) in [6.07, 6.45) is 4.47. The molecule has 0 heterocycles. The summed E-state index contributed by atoms with van der Waals surface area (Å²) >= 11 is 0. The molecule has 19 heavy (non-hydrogen) atoms. The Morgan fingerprint density at radius 3 is 1.42 bits per heavy atom. The van der Waals surface area contributed by atoms with Gasteiger partial charge in [-0.05, 0) is 23.3 Å². The van der Waals surface area contributed by atoms with Crippen molar-refractivity contribution in [2.24, 2.45) is 11.5 Å². The summed E-state index contributed by atoms with van der Waals surface area (Å²) in [5.41, 5.74) is 15.7. The maximum absolute atomic E-state index is 6.00. The lowest BCUT2D eigenvalue weighted by atomic mass is 10.1. The van der Waals surface area contributed by atoms with Gasteiger partial charge in [-0.25, -0.2) is 0 Å². The van der Waals surface area contributed by atoms with Crippen molar-refractivity contribution < 1.29 is 0 Å². The zero-order valence-corrected chi connectivity index (χ0v) is 10.8. The van der Waals surface area contributed by atoms with Gasteiger partial charge in [0.25, 0.3) is 0 Å². The van der Waals surface area contributed by atoms with Crippen LogP contribution in [-0.4, -0.2) is 0 Å². The molecular weight excluding hydrogens is 232 g/mol. The summed E-state index contributed by atoms with van der Waals surface area (Å²) in [7, 11) is 0. The molecule has 2 nitrogen and oxygen atoms in total. The average Bonchev–Trinajstić information content (AvgIpc) is 2.40. The Morgan fingerprint density at radius 1 is 0.684 bits per heavy atom. The van der Waals surface area contributed by atoms with Crippen molar-refractivity contribution in [2.45, 2.75) is 6.42 Å². The van der Waals surface area contributed by atoms with Crippen molar-refractivity contribution >= 4 is 12.2 Å². The van der Waals surface area contributed by atoms with Crippen LogP contribution in [0.4, 0.5) is 0 Å². The molecule has 96 valence electrons. The molecule has 0 atom stereocenters. The smallest absolute Gasteiger partial charge is 0.0267 e. The fraction of sp³-hybridized carbons (Fsp3) is 0.0588. The molecule has 0 spiro atoms. The molecule has 0 amide bonds. The topological polar surface area (TPSA) is 52.0 Å². The maximum atomic E-state index is 6.00. The van der Waals surface area contributed by atoms with Gasteiger partial charge in [0, 0.05) is 17.8 Å². The minimum atomic E-state index is 0.573. The standard InChI is InChI=1S/C17H18N2/c18-16(11-14-7-3-1-4-8-14)13-17(19)12-15-9-5-2-6-10-15/h1-12H,13,18-19H2. The van der Waals surface area contributed by atoms with Crippen LogP contribution in [0.5, 0.6) is 0 Å². The van der Waals surface area contributed by atoms with E-state index in [1.165, 1.54) is 0 Å². The van der Waals surface area contributed by atoms with Crippen molar-refractivity contribution in [1.82, 2.24) is 0 Å². The van der Waals surface area contributed by atoms with Gasteiger partial charge in [-0.15, -0.1) is 0 Å². The molecule has 0 radical (unpaired) electrons. The predicted octanol–water partition coefficient (Wildman–Crippen LogP) is 3.38. The van der Waals surface area contributed by atoms with Crippen LogP contribution in [0.3, 0.4) is 0 Å². The first kappa shape index (κ1) is 13.0. The van der Waals surface area contributed by atoms with Crippen molar-refractivity contribution in [1.29, 1.82) is 0 Å². The minimum Gasteiger partial charge on any atom is -0.402 e. The van der Waals surface area contributed by atoms with E-state index >= 15 is 0 Å². The molecule has 2 aromatic rings. The Kier molecular flexibility index (Phi) is 4.40. The quantitative estimate of drug-likeness (QED) is 0.874. The van der Waals surface area contributed by atoms with Crippen LogP contribution in [0.15, 0.2) is 72.1 Å². The van der Waals surface area contributed by atoms with Crippen molar-refractivity contribution in [3.8, 4) is 0 Å². The number of hydrogen-bond donors (Lipinski definition) is 2. The van der Waals surface area contributed by atoms with E-state index in [2.05, 4.69) is 0 Å². The van der Waals surface area contributed by atoms with Crippen LogP contribution in [0.2, 0.25) is 0 Å². The van der Waals surface area contributed by atoms with Gasteiger partial charge in [-0.1, -0.05) is 60.7 Å². The molecule has 0 aliphatic heterocycles. The summed E-state index contributed by atoms with van der Waals surface area (Å²) in [6.45, 7) is 0. The fourth-order valence-corrected chi connectivity index (χ4v) is 1.86. The first-order valence-corrected chi connectivity index (χ1v) is 6.26. The van der Waals surface area contributed by atoms with E-state index in [0.29, 0.717) is 6.42 Å². The van der Waals surface area contributed by atoms with Gasteiger partial charge in [-0.2, -0.15) is 0 Å². The first-order valence-electron chi connectivity index (χ1n) is 6.26. The molecule has 2 rings (SSSR count). The molecule has 2 heteroatoms. The van der Waals surface area contributed by atoms with Gasteiger partial charge in [-0.3, -0.25) is 0 Å². The highest BCUT2D eigenvalue weighted by Gasteiger charge is 1.96.